The van der Waals surface area contributed by atoms with Crippen LogP contribution in [0, 0.1) is 24.0 Å². The van der Waals surface area contributed by atoms with Crippen molar-refractivity contribution in [1.82, 2.24) is 9.97 Å². The fraction of sp³-hybridized carbons (Fsp3) is 0.190. The minimum absolute atomic E-state index is 0. The van der Waals surface area contributed by atoms with Crippen LogP contribution in [0.15, 0.2) is 121 Å². The maximum atomic E-state index is 7.71. The molecule has 0 saturated carbocycles. The van der Waals surface area contributed by atoms with Gasteiger partial charge in [0.15, 0.2) is 0 Å². The Morgan fingerprint density at radius 1 is 0.667 bits per heavy atom. The minimum atomic E-state index is -0.273. The van der Waals surface area contributed by atoms with E-state index in [1.54, 1.807) is 24.4 Å². The Hall–Kier alpha value is -4.17. The summed E-state index contributed by atoms with van der Waals surface area (Å²) in [6, 6.07) is 35.1. The molecule has 1 radical (unpaired) electrons. The predicted molar refractivity (Wildman–Crippen MR) is 187 cm³/mol. The largest absolute Gasteiger partial charge is 0.305 e. The number of hydrogen-bond acceptors (Lipinski definition) is 2. The van der Waals surface area contributed by atoms with E-state index >= 15 is 0 Å². The van der Waals surface area contributed by atoms with Gasteiger partial charge in [0, 0.05) is 35.2 Å². The van der Waals surface area contributed by atoms with E-state index < -0.39 is 0 Å². The topological polar surface area (TPSA) is 25.8 Å². The third kappa shape index (κ3) is 7.56. The van der Waals surface area contributed by atoms with Gasteiger partial charge in [0.05, 0.1) is 0 Å². The standard InChI is InChI=1S/C31H30N.C11H8N.Ir/c1-20(2)15-22-17-23(16-21(3)4)19-25(18-22)31-30-12-11-27-26-8-6-5-7-24(26)9-10-28(27)29(30)13-14-32-31;1-2-6-10(7-3-1)11-8-4-5-9-12-11;/h5-14,17-18,20-21H,15-16H2,1-4H3;1-6,8-9H;/q2*-1;/i;1D,2D,3D,6D;. The maximum absolute atomic E-state index is 7.71. The molecule has 227 valence electrons. The average Bonchev–Trinajstić information content (AvgIpc) is 3.08. The normalized spacial score (nSPS) is 12.3. The molecule has 2 heterocycles. The predicted octanol–water partition coefficient (Wildman–Crippen LogP) is 11.0. The summed E-state index contributed by atoms with van der Waals surface area (Å²) in [5.41, 5.74) is 5.62. The van der Waals surface area contributed by atoms with Crippen LogP contribution >= 0.6 is 0 Å². The van der Waals surface area contributed by atoms with Crippen LogP contribution in [0.2, 0.25) is 0 Å². The Balaban J connectivity index is 0.000000233. The number of nitrogens with zero attached hydrogens (tertiary/aromatic N) is 2. The number of hydrogen-bond donors (Lipinski definition) is 0. The quantitative estimate of drug-likeness (QED) is 0.124. The zero-order chi connectivity index (χ0) is 33.9. The van der Waals surface area contributed by atoms with E-state index in [1.165, 1.54) is 43.4 Å². The molecule has 0 fully saturated rings. The van der Waals surface area contributed by atoms with Gasteiger partial charge in [-0.05, 0) is 83.3 Å². The van der Waals surface area contributed by atoms with Gasteiger partial charge in [0.25, 0.3) is 0 Å². The smallest absolute Gasteiger partial charge is 0.0406 e. The Morgan fingerprint density at radius 3 is 2.20 bits per heavy atom. The molecule has 3 heteroatoms. The van der Waals surface area contributed by atoms with E-state index in [2.05, 4.69) is 112 Å². The second-order valence-electron chi connectivity index (χ2n) is 12.0. The van der Waals surface area contributed by atoms with Gasteiger partial charge in [0.1, 0.15) is 0 Å². The molecule has 45 heavy (non-hydrogen) atoms. The number of rotatable bonds is 6. The van der Waals surface area contributed by atoms with Crippen molar-refractivity contribution in [2.75, 3.05) is 0 Å². The monoisotopic (exact) mass is 767 g/mol. The first-order chi connectivity index (χ1) is 23.1. The first-order valence-corrected chi connectivity index (χ1v) is 15.3. The molecule has 0 spiro atoms. The second kappa shape index (κ2) is 14.7. The van der Waals surface area contributed by atoms with Crippen LogP contribution in [0.3, 0.4) is 0 Å². The Labute approximate surface area is 286 Å². The SMILES string of the molecule is CC(C)Cc1[c-]c(-c2nccc3c2ccc2c4ccccc4ccc32)cc(CC(C)C)c1.[2H]c1[c-]c(-c2ccccn2)c([2H])c([2H])c1[2H].[Ir]. The fourth-order valence-corrected chi connectivity index (χ4v) is 5.82. The number of aromatic nitrogens is 2. The van der Waals surface area contributed by atoms with E-state index in [0.717, 1.165) is 24.1 Å². The van der Waals surface area contributed by atoms with Crippen molar-refractivity contribution in [3.8, 4) is 22.5 Å². The number of benzene rings is 5. The van der Waals surface area contributed by atoms with Gasteiger partial charge >= 0.3 is 0 Å². The molecule has 0 amide bonds. The molecule has 0 atom stereocenters. The molecular formula is C42H38IrN2-2. The summed E-state index contributed by atoms with van der Waals surface area (Å²) in [5, 5.41) is 7.61. The van der Waals surface area contributed by atoms with Crippen molar-refractivity contribution in [3.05, 3.63) is 145 Å². The molecule has 0 bridgehead atoms. The first kappa shape index (κ1) is 27.2. The van der Waals surface area contributed by atoms with Crippen molar-refractivity contribution < 1.29 is 25.6 Å². The van der Waals surface area contributed by atoms with Gasteiger partial charge in [0.2, 0.25) is 0 Å². The summed E-state index contributed by atoms with van der Waals surface area (Å²) < 4.78 is 30.1. The van der Waals surface area contributed by atoms with Crippen molar-refractivity contribution in [3.63, 3.8) is 0 Å². The van der Waals surface area contributed by atoms with E-state index in [1.807, 2.05) is 6.20 Å². The zero-order valence-corrected chi connectivity index (χ0v) is 28.4. The van der Waals surface area contributed by atoms with Crippen LogP contribution in [-0.2, 0) is 32.9 Å². The first-order valence-electron chi connectivity index (χ1n) is 17.3. The summed E-state index contributed by atoms with van der Waals surface area (Å²) >= 11 is 0. The molecule has 0 N–H and O–H groups in total. The average molecular weight is 767 g/mol. The van der Waals surface area contributed by atoms with Crippen LogP contribution in [0.5, 0.6) is 0 Å². The van der Waals surface area contributed by atoms with Crippen molar-refractivity contribution >= 4 is 32.3 Å². The molecule has 0 saturated heterocycles. The van der Waals surface area contributed by atoms with Gasteiger partial charge in [-0.25, -0.2) is 0 Å². The summed E-state index contributed by atoms with van der Waals surface area (Å²) in [4.78, 5) is 8.90. The molecule has 2 aromatic heterocycles. The molecule has 0 aliphatic rings. The van der Waals surface area contributed by atoms with Gasteiger partial charge < -0.3 is 9.97 Å². The second-order valence-corrected chi connectivity index (χ2v) is 12.0. The van der Waals surface area contributed by atoms with Gasteiger partial charge in [-0.2, -0.15) is 0 Å². The Morgan fingerprint density at radius 2 is 1.40 bits per heavy atom. The summed E-state index contributed by atoms with van der Waals surface area (Å²) in [6.45, 7) is 9.11. The molecule has 0 unspecified atom stereocenters. The van der Waals surface area contributed by atoms with E-state index in [0.29, 0.717) is 23.1 Å². The van der Waals surface area contributed by atoms with Crippen LogP contribution in [0.25, 0.3) is 54.8 Å². The molecule has 5 aromatic carbocycles. The van der Waals surface area contributed by atoms with Gasteiger partial charge in [-0.1, -0.05) is 88.4 Å². The van der Waals surface area contributed by atoms with Gasteiger partial charge in [-0.15, -0.1) is 70.7 Å². The Kier molecular flexibility index (Phi) is 8.90. The number of pyridine rings is 2. The zero-order valence-electron chi connectivity index (χ0n) is 30.0. The van der Waals surface area contributed by atoms with Crippen LogP contribution in [0.1, 0.15) is 44.3 Å². The van der Waals surface area contributed by atoms with Crippen molar-refractivity contribution in [2.24, 2.45) is 11.8 Å². The van der Waals surface area contributed by atoms with E-state index in [-0.39, 0.29) is 44.3 Å². The van der Waals surface area contributed by atoms with Crippen LogP contribution in [-0.4, -0.2) is 9.97 Å². The van der Waals surface area contributed by atoms with Crippen LogP contribution < -0.4 is 0 Å². The van der Waals surface area contributed by atoms with Crippen molar-refractivity contribution in [1.29, 1.82) is 0 Å². The Bertz CT molecular complexity index is 2220. The van der Waals surface area contributed by atoms with E-state index in [4.69, 9.17) is 10.5 Å². The van der Waals surface area contributed by atoms with Crippen LogP contribution in [0.4, 0.5) is 0 Å². The van der Waals surface area contributed by atoms with E-state index in [9.17, 15) is 0 Å². The molecule has 0 aliphatic carbocycles. The third-order valence-corrected chi connectivity index (χ3v) is 7.60. The molecule has 0 aliphatic heterocycles. The molecule has 7 aromatic rings. The maximum Gasteiger partial charge on any atom is 0.0406 e. The van der Waals surface area contributed by atoms with Crippen molar-refractivity contribution in [2.45, 2.75) is 40.5 Å². The summed E-state index contributed by atoms with van der Waals surface area (Å²) in [6.07, 6.45) is 5.65. The number of fused-ring (bicyclic) bond motifs is 5. The summed E-state index contributed by atoms with van der Waals surface area (Å²) in [7, 11) is 0. The third-order valence-electron chi connectivity index (χ3n) is 7.60. The molecule has 2 nitrogen and oxygen atoms in total. The van der Waals surface area contributed by atoms with Gasteiger partial charge in [-0.3, -0.25) is 0 Å². The summed E-state index contributed by atoms with van der Waals surface area (Å²) in [5.74, 6) is 1.22. The minimum Gasteiger partial charge on any atom is -0.305 e. The molecule has 7 rings (SSSR count). The molecular weight excluding hydrogens is 725 g/mol. The fourth-order valence-electron chi connectivity index (χ4n) is 5.82.